The van der Waals surface area contributed by atoms with Crippen molar-refractivity contribution in [1.29, 1.82) is 0 Å². The van der Waals surface area contributed by atoms with E-state index in [4.69, 9.17) is 4.42 Å². The Morgan fingerprint density at radius 1 is 1.37 bits per heavy atom. The minimum Gasteiger partial charge on any atom is -0.466 e. The summed E-state index contributed by atoms with van der Waals surface area (Å²) in [6.45, 7) is 3.35. The molecular formula is C13H17N3O3. The van der Waals surface area contributed by atoms with Crippen molar-refractivity contribution in [2.45, 2.75) is 31.3 Å². The molecule has 2 aliphatic heterocycles. The van der Waals surface area contributed by atoms with Crippen molar-refractivity contribution in [3.63, 3.8) is 0 Å². The Bertz CT molecular complexity index is 493. The number of rotatable bonds is 2. The number of carbonyl (C=O) groups is 2. The van der Waals surface area contributed by atoms with E-state index in [2.05, 4.69) is 10.6 Å². The van der Waals surface area contributed by atoms with Gasteiger partial charge in [-0.25, -0.2) is 4.79 Å². The van der Waals surface area contributed by atoms with Crippen LogP contribution in [0.5, 0.6) is 0 Å². The van der Waals surface area contributed by atoms with Gasteiger partial charge in [0.2, 0.25) is 0 Å². The molecule has 6 nitrogen and oxygen atoms in total. The average molecular weight is 263 g/mol. The van der Waals surface area contributed by atoms with E-state index in [1.54, 1.807) is 19.1 Å². The van der Waals surface area contributed by atoms with Crippen molar-refractivity contribution in [2.75, 3.05) is 13.1 Å². The van der Waals surface area contributed by atoms with Crippen LogP contribution in [0.25, 0.3) is 0 Å². The molecule has 0 aliphatic carbocycles. The van der Waals surface area contributed by atoms with Crippen molar-refractivity contribution >= 4 is 11.9 Å². The number of amides is 3. The highest BCUT2D eigenvalue weighted by Gasteiger charge is 2.52. The fourth-order valence-corrected chi connectivity index (χ4v) is 2.79. The lowest BCUT2D eigenvalue weighted by Gasteiger charge is -2.29. The molecule has 1 aromatic rings. The SMILES string of the molecule is CC1(c2ccco2)NC(=O)N(C2CCNCC2)C1=O. The predicted octanol–water partition coefficient (Wildman–Crippen LogP) is 0.799. The fourth-order valence-electron chi connectivity index (χ4n) is 2.79. The summed E-state index contributed by atoms with van der Waals surface area (Å²) in [5.74, 6) is 0.252. The van der Waals surface area contributed by atoms with E-state index in [0.29, 0.717) is 5.76 Å². The zero-order valence-corrected chi connectivity index (χ0v) is 10.8. The van der Waals surface area contributed by atoms with E-state index in [9.17, 15) is 9.59 Å². The van der Waals surface area contributed by atoms with Crippen molar-refractivity contribution in [3.8, 4) is 0 Å². The number of furan rings is 1. The van der Waals surface area contributed by atoms with Crippen molar-refractivity contribution in [3.05, 3.63) is 24.2 Å². The molecule has 2 aliphatic rings. The van der Waals surface area contributed by atoms with Gasteiger partial charge in [-0.2, -0.15) is 0 Å². The van der Waals surface area contributed by atoms with Gasteiger partial charge in [-0.05, 0) is 45.0 Å². The summed E-state index contributed by atoms with van der Waals surface area (Å²) in [6, 6.07) is 3.08. The van der Waals surface area contributed by atoms with E-state index < -0.39 is 5.54 Å². The summed E-state index contributed by atoms with van der Waals surface area (Å²) in [6.07, 6.45) is 3.11. The fraction of sp³-hybridized carbons (Fsp3) is 0.538. The maximum absolute atomic E-state index is 12.6. The van der Waals surface area contributed by atoms with Crippen LogP contribution < -0.4 is 10.6 Å². The summed E-state index contributed by atoms with van der Waals surface area (Å²) in [5.41, 5.74) is -1.08. The van der Waals surface area contributed by atoms with Gasteiger partial charge in [-0.15, -0.1) is 0 Å². The molecule has 3 heterocycles. The van der Waals surface area contributed by atoms with Gasteiger partial charge >= 0.3 is 6.03 Å². The zero-order valence-electron chi connectivity index (χ0n) is 10.8. The summed E-state index contributed by atoms with van der Waals surface area (Å²) in [7, 11) is 0. The molecule has 19 heavy (non-hydrogen) atoms. The number of urea groups is 1. The van der Waals surface area contributed by atoms with Gasteiger partial charge in [-0.3, -0.25) is 9.69 Å². The second-order valence-corrected chi connectivity index (χ2v) is 5.19. The predicted molar refractivity (Wildman–Crippen MR) is 67.3 cm³/mol. The standard InChI is InChI=1S/C13H17N3O3/c1-13(10-3-2-8-19-10)11(17)16(12(18)15-13)9-4-6-14-7-5-9/h2-3,8-9,14H,4-7H2,1H3,(H,15,18). The Balaban J connectivity index is 1.88. The van der Waals surface area contributed by atoms with Gasteiger partial charge < -0.3 is 15.1 Å². The van der Waals surface area contributed by atoms with Crippen molar-refractivity contribution < 1.29 is 14.0 Å². The number of carbonyl (C=O) groups excluding carboxylic acids is 2. The number of piperidine rings is 1. The van der Waals surface area contributed by atoms with Crippen LogP contribution in [0.3, 0.4) is 0 Å². The highest BCUT2D eigenvalue weighted by molar-refractivity contribution is 6.07. The van der Waals surface area contributed by atoms with Gasteiger partial charge in [0.15, 0.2) is 5.54 Å². The second-order valence-electron chi connectivity index (χ2n) is 5.19. The molecule has 2 fully saturated rings. The minimum atomic E-state index is -1.08. The van der Waals surface area contributed by atoms with Crippen LogP contribution >= 0.6 is 0 Å². The maximum atomic E-state index is 12.6. The third-order valence-corrected chi connectivity index (χ3v) is 3.91. The molecule has 3 rings (SSSR count). The summed E-state index contributed by atoms with van der Waals surface area (Å²) in [4.78, 5) is 26.1. The lowest BCUT2D eigenvalue weighted by molar-refractivity contribution is -0.133. The molecule has 1 aromatic heterocycles. The highest BCUT2D eigenvalue weighted by Crippen LogP contribution is 2.31. The minimum absolute atomic E-state index is 0.0227. The quantitative estimate of drug-likeness (QED) is 0.774. The molecule has 3 amide bonds. The summed E-state index contributed by atoms with van der Waals surface area (Å²) >= 11 is 0. The molecule has 6 heteroatoms. The molecule has 0 bridgehead atoms. The number of hydrogen-bond acceptors (Lipinski definition) is 4. The second kappa shape index (κ2) is 4.38. The highest BCUT2D eigenvalue weighted by atomic mass is 16.3. The largest absolute Gasteiger partial charge is 0.466 e. The van der Waals surface area contributed by atoms with Crippen molar-refractivity contribution in [1.82, 2.24) is 15.5 Å². The Hall–Kier alpha value is -1.82. The van der Waals surface area contributed by atoms with Crippen LogP contribution in [0.2, 0.25) is 0 Å². The van der Waals surface area contributed by atoms with Gasteiger partial charge in [0.05, 0.1) is 6.26 Å². The third-order valence-electron chi connectivity index (χ3n) is 3.91. The van der Waals surface area contributed by atoms with Crippen LogP contribution in [0.15, 0.2) is 22.8 Å². The first-order chi connectivity index (χ1) is 9.13. The molecule has 0 spiro atoms. The van der Waals surface area contributed by atoms with Gasteiger partial charge in [0, 0.05) is 6.04 Å². The summed E-state index contributed by atoms with van der Waals surface area (Å²) < 4.78 is 5.30. The molecule has 0 saturated carbocycles. The molecule has 1 atom stereocenters. The Morgan fingerprint density at radius 3 is 2.74 bits per heavy atom. The molecule has 2 saturated heterocycles. The first-order valence-corrected chi connectivity index (χ1v) is 6.53. The smallest absolute Gasteiger partial charge is 0.325 e. The molecular weight excluding hydrogens is 246 g/mol. The monoisotopic (exact) mass is 263 g/mol. The van der Waals surface area contributed by atoms with Gasteiger partial charge in [-0.1, -0.05) is 0 Å². The van der Waals surface area contributed by atoms with E-state index >= 15 is 0 Å². The van der Waals surface area contributed by atoms with Crippen molar-refractivity contribution in [2.24, 2.45) is 0 Å². The van der Waals surface area contributed by atoms with Gasteiger partial charge in [0.1, 0.15) is 5.76 Å². The lowest BCUT2D eigenvalue weighted by Crippen LogP contribution is -2.47. The van der Waals surface area contributed by atoms with Crippen LogP contribution in [0.4, 0.5) is 4.79 Å². The van der Waals surface area contributed by atoms with E-state index in [-0.39, 0.29) is 18.0 Å². The number of imide groups is 1. The Labute approximate surface area is 111 Å². The normalized spacial score (nSPS) is 28.8. The maximum Gasteiger partial charge on any atom is 0.325 e. The van der Waals surface area contributed by atoms with E-state index in [0.717, 1.165) is 25.9 Å². The Kier molecular flexibility index (Phi) is 2.82. The molecule has 0 aromatic carbocycles. The van der Waals surface area contributed by atoms with Crippen LogP contribution in [-0.2, 0) is 10.3 Å². The van der Waals surface area contributed by atoms with Crippen LogP contribution in [0, 0.1) is 0 Å². The van der Waals surface area contributed by atoms with E-state index in [1.165, 1.54) is 11.2 Å². The first-order valence-electron chi connectivity index (χ1n) is 6.53. The van der Waals surface area contributed by atoms with E-state index in [1.807, 2.05) is 0 Å². The molecule has 1 unspecified atom stereocenters. The van der Waals surface area contributed by atoms with Crippen LogP contribution in [0.1, 0.15) is 25.5 Å². The number of hydrogen-bond donors (Lipinski definition) is 2. The number of nitrogens with one attached hydrogen (secondary N) is 2. The topological polar surface area (TPSA) is 74.6 Å². The Morgan fingerprint density at radius 2 is 2.11 bits per heavy atom. The first kappa shape index (κ1) is 12.2. The van der Waals surface area contributed by atoms with Gasteiger partial charge in [0.25, 0.3) is 5.91 Å². The lowest BCUT2D eigenvalue weighted by atomic mass is 9.97. The van der Waals surface area contributed by atoms with Crippen LogP contribution in [-0.4, -0.2) is 36.0 Å². The average Bonchev–Trinajstić information content (AvgIpc) is 3.00. The summed E-state index contributed by atoms with van der Waals surface area (Å²) in [5, 5.41) is 5.98. The molecule has 2 N–H and O–H groups in total. The number of nitrogens with zero attached hydrogens (tertiary/aromatic N) is 1. The molecule has 0 radical (unpaired) electrons. The molecule has 102 valence electrons. The zero-order chi connectivity index (χ0) is 13.5. The third kappa shape index (κ3) is 1.83.